The van der Waals surface area contributed by atoms with Gasteiger partial charge < -0.3 is 10.3 Å². The van der Waals surface area contributed by atoms with E-state index in [0.717, 1.165) is 12.8 Å². The number of rotatable bonds is 4. The SMILES string of the molecule is CCCC(N)c1cccc(-n2c3cccc4c5cc6c(cc5c5cccc2c5c43)C(C)(C)c2ccccc2-6)c1. The molecule has 0 saturated carbocycles. The molecule has 8 rings (SSSR count). The molecule has 6 aromatic carbocycles. The van der Waals surface area contributed by atoms with Gasteiger partial charge in [0.15, 0.2) is 0 Å². The van der Waals surface area contributed by atoms with E-state index in [-0.39, 0.29) is 11.5 Å². The van der Waals surface area contributed by atoms with Crippen LogP contribution in [0.25, 0.3) is 60.2 Å². The van der Waals surface area contributed by atoms with Gasteiger partial charge in [0.25, 0.3) is 0 Å². The van der Waals surface area contributed by atoms with Crippen molar-refractivity contribution >= 4 is 43.4 Å². The molecule has 7 aromatic rings. The summed E-state index contributed by atoms with van der Waals surface area (Å²) in [6, 6.07) is 36.4. The number of hydrogen-bond acceptors (Lipinski definition) is 1. The van der Waals surface area contributed by atoms with Gasteiger partial charge in [-0.25, -0.2) is 0 Å². The minimum atomic E-state index is -0.0231. The van der Waals surface area contributed by atoms with Gasteiger partial charge in [0.1, 0.15) is 0 Å². The normalized spacial score (nSPS) is 15.0. The molecule has 1 atom stereocenters. The molecule has 1 aliphatic rings. The maximum absolute atomic E-state index is 6.56. The third-order valence-electron chi connectivity index (χ3n) is 9.27. The van der Waals surface area contributed by atoms with Crippen LogP contribution in [0.1, 0.15) is 56.3 Å². The lowest BCUT2D eigenvalue weighted by Gasteiger charge is -2.22. The van der Waals surface area contributed by atoms with Crippen LogP contribution in [0, 0.1) is 0 Å². The van der Waals surface area contributed by atoms with Gasteiger partial charge in [-0.15, -0.1) is 0 Å². The maximum Gasteiger partial charge on any atom is 0.0547 e. The van der Waals surface area contributed by atoms with Gasteiger partial charge >= 0.3 is 0 Å². The molecule has 2 heteroatoms. The Bertz CT molecular complexity index is 2070. The fourth-order valence-electron chi connectivity index (χ4n) is 7.40. The van der Waals surface area contributed by atoms with Crippen molar-refractivity contribution < 1.29 is 0 Å². The molecule has 190 valence electrons. The molecule has 0 amide bonds. The van der Waals surface area contributed by atoms with Crippen molar-refractivity contribution in [3.8, 4) is 16.8 Å². The van der Waals surface area contributed by atoms with Crippen molar-refractivity contribution in [1.82, 2.24) is 4.57 Å². The van der Waals surface area contributed by atoms with E-state index in [0.29, 0.717) is 0 Å². The maximum atomic E-state index is 6.56. The molecular formula is C37H32N2. The first-order valence-corrected chi connectivity index (χ1v) is 14.2. The molecule has 1 unspecified atom stereocenters. The molecule has 2 nitrogen and oxygen atoms in total. The first-order valence-electron chi connectivity index (χ1n) is 14.2. The van der Waals surface area contributed by atoms with Crippen molar-refractivity contribution in [3.63, 3.8) is 0 Å². The highest BCUT2D eigenvalue weighted by Crippen LogP contribution is 2.52. The van der Waals surface area contributed by atoms with Crippen molar-refractivity contribution in [1.29, 1.82) is 0 Å². The minimum absolute atomic E-state index is 0.0231. The number of nitrogens with zero attached hydrogens (tertiary/aromatic N) is 1. The third-order valence-corrected chi connectivity index (χ3v) is 9.27. The summed E-state index contributed by atoms with van der Waals surface area (Å²) in [5.74, 6) is 0. The molecule has 0 bridgehead atoms. The van der Waals surface area contributed by atoms with Gasteiger partial charge in [0, 0.05) is 27.9 Å². The Morgan fingerprint density at radius 3 is 2.05 bits per heavy atom. The van der Waals surface area contributed by atoms with E-state index in [1.54, 1.807) is 0 Å². The second-order valence-corrected chi connectivity index (χ2v) is 11.8. The molecule has 0 spiro atoms. The van der Waals surface area contributed by atoms with Gasteiger partial charge in [-0.1, -0.05) is 87.9 Å². The Morgan fingerprint density at radius 1 is 0.667 bits per heavy atom. The standard InChI is InChI=1S/C37H32N2/c1-4-10-32(38)22-11-7-12-23(19-22)39-33-17-8-14-25-27-20-29-24-13-5-6-16-30(24)37(2,3)31(29)21-28(27)26-15-9-18-34(39)36(26)35(25)33/h5-9,11-21,32H,4,10,38H2,1-3H3. The van der Waals surface area contributed by atoms with Crippen molar-refractivity contribution in [2.75, 3.05) is 0 Å². The van der Waals surface area contributed by atoms with Crippen LogP contribution in [0.15, 0.2) is 97.1 Å². The number of hydrogen-bond donors (Lipinski definition) is 1. The Morgan fingerprint density at radius 2 is 1.33 bits per heavy atom. The van der Waals surface area contributed by atoms with Gasteiger partial charge in [-0.05, 0) is 92.2 Å². The van der Waals surface area contributed by atoms with Crippen LogP contribution in [-0.4, -0.2) is 4.57 Å². The predicted molar refractivity (Wildman–Crippen MR) is 166 cm³/mol. The molecular weight excluding hydrogens is 472 g/mol. The second kappa shape index (κ2) is 7.94. The number of aromatic nitrogens is 1. The Balaban J connectivity index is 1.49. The fraction of sp³-hybridized carbons (Fsp3) is 0.189. The number of nitrogens with two attached hydrogens (primary N) is 1. The zero-order valence-electron chi connectivity index (χ0n) is 22.8. The summed E-state index contributed by atoms with van der Waals surface area (Å²) in [5.41, 5.74) is 17.0. The Hall–Kier alpha value is -4.14. The first-order chi connectivity index (χ1) is 19.0. The van der Waals surface area contributed by atoms with Crippen LogP contribution in [0.5, 0.6) is 0 Å². The Kier molecular flexibility index (Phi) is 4.64. The Labute approximate surface area is 229 Å². The molecule has 0 aliphatic heterocycles. The second-order valence-electron chi connectivity index (χ2n) is 11.8. The van der Waals surface area contributed by atoms with Gasteiger partial charge in [0.2, 0.25) is 0 Å². The van der Waals surface area contributed by atoms with Gasteiger partial charge in [-0.2, -0.15) is 0 Å². The van der Waals surface area contributed by atoms with Crippen molar-refractivity contribution in [2.24, 2.45) is 5.73 Å². The molecule has 0 saturated heterocycles. The van der Waals surface area contributed by atoms with Crippen LogP contribution >= 0.6 is 0 Å². The van der Waals surface area contributed by atoms with Crippen LogP contribution < -0.4 is 5.73 Å². The quantitative estimate of drug-likeness (QED) is 0.238. The molecule has 1 aromatic heterocycles. The van der Waals surface area contributed by atoms with Crippen LogP contribution in [-0.2, 0) is 5.41 Å². The van der Waals surface area contributed by atoms with E-state index >= 15 is 0 Å². The highest BCUT2D eigenvalue weighted by atomic mass is 15.0. The van der Waals surface area contributed by atoms with E-state index in [4.69, 9.17) is 5.73 Å². The lowest BCUT2D eigenvalue weighted by Crippen LogP contribution is -2.14. The summed E-state index contributed by atoms with van der Waals surface area (Å²) in [6.07, 6.45) is 2.07. The molecule has 0 fully saturated rings. The zero-order chi connectivity index (χ0) is 26.5. The van der Waals surface area contributed by atoms with Gasteiger partial charge in [-0.3, -0.25) is 0 Å². The minimum Gasteiger partial charge on any atom is -0.324 e. The summed E-state index contributed by atoms with van der Waals surface area (Å²) in [5, 5.41) is 8.05. The third kappa shape index (κ3) is 2.95. The van der Waals surface area contributed by atoms with E-state index < -0.39 is 0 Å². The smallest absolute Gasteiger partial charge is 0.0547 e. The monoisotopic (exact) mass is 504 g/mol. The summed E-state index contributed by atoms with van der Waals surface area (Å²) in [4.78, 5) is 0. The number of benzene rings is 6. The van der Waals surface area contributed by atoms with E-state index in [2.05, 4.69) is 122 Å². The molecule has 0 radical (unpaired) electrons. The van der Waals surface area contributed by atoms with Crippen molar-refractivity contribution in [2.45, 2.75) is 45.1 Å². The summed E-state index contributed by atoms with van der Waals surface area (Å²) in [7, 11) is 0. The summed E-state index contributed by atoms with van der Waals surface area (Å²) < 4.78 is 2.44. The largest absolute Gasteiger partial charge is 0.324 e. The van der Waals surface area contributed by atoms with E-state index in [9.17, 15) is 0 Å². The highest BCUT2D eigenvalue weighted by Gasteiger charge is 2.36. The van der Waals surface area contributed by atoms with Crippen molar-refractivity contribution in [3.05, 3.63) is 114 Å². The predicted octanol–water partition coefficient (Wildman–Crippen LogP) is 9.63. The van der Waals surface area contributed by atoms with Crippen LogP contribution in [0.3, 0.4) is 0 Å². The lowest BCUT2D eigenvalue weighted by atomic mass is 9.81. The topological polar surface area (TPSA) is 30.9 Å². The molecule has 39 heavy (non-hydrogen) atoms. The van der Waals surface area contributed by atoms with Gasteiger partial charge in [0.05, 0.1) is 11.0 Å². The number of fused-ring (bicyclic) bond motifs is 6. The molecule has 1 heterocycles. The molecule has 2 N–H and O–H groups in total. The summed E-state index contributed by atoms with van der Waals surface area (Å²) in [6.45, 7) is 6.93. The average molecular weight is 505 g/mol. The summed E-state index contributed by atoms with van der Waals surface area (Å²) >= 11 is 0. The first kappa shape index (κ1) is 22.8. The molecule has 1 aliphatic carbocycles. The lowest BCUT2D eigenvalue weighted by molar-refractivity contribution is 0.638. The van der Waals surface area contributed by atoms with E-state index in [1.165, 1.54) is 76.9 Å². The van der Waals surface area contributed by atoms with E-state index in [1.807, 2.05) is 0 Å². The fourth-order valence-corrected chi connectivity index (χ4v) is 7.40. The van der Waals surface area contributed by atoms with Crippen LogP contribution in [0.2, 0.25) is 0 Å². The zero-order valence-corrected chi connectivity index (χ0v) is 22.8. The highest BCUT2D eigenvalue weighted by molar-refractivity contribution is 6.34. The average Bonchev–Trinajstić information content (AvgIpc) is 3.42. The van der Waals surface area contributed by atoms with Crippen LogP contribution in [0.4, 0.5) is 0 Å².